The lowest BCUT2D eigenvalue weighted by Gasteiger charge is -2.22. The molecule has 1 fully saturated rings. The van der Waals surface area contributed by atoms with Gasteiger partial charge in [0.1, 0.15) is 10.4 Å². The van der Waals surface area contributed by atoms with Gasteiger partial charge < -0.3 is 24.8 Å². The number of nitrogens with zero attached hydrogens (tertiary/aromatic N) is 1. The minimum atomic E-state index is -3.71. The van der Waals surface area contributed by atoms with Gasteiger partial charge in [0.2, 0.25) is 0 Å². The monoisotopic (exact) mass is 483 g/mol. The van der Waals surface area contributed by atoms with E-state index in [4.69, 9.17) is 14.2 Å². The van der Waals surface area contributed by atoms with Crippen LogP contribution in [-0.2, 0) is 30.8 Å². The molecule has 2 heterocycles. The van der Waals surface area contributed by atoms with Crippen molar-refractivity contribution in [3.63, 3.8) is 0 Å². The molecule has 1 aromatic carbocycles. The van der Waals surface area contributed by atoms with Crippen molar-refractivity contribution in [2.45, 2.75) is 16.9 Å². The Bertz CT molecular complexity index is 1040. The molecule has 0 unspecified atom stereocenters. The first-order valence-corrected chi connectivity index (χ1v) is 12.1. The zero-order chi connectivity index (χ0) is 23.1. The molecule has 2 amide bonds. The lowest BCUT2D eigenvalue weighted by molar-refractivity contribution is -0.139. The van der Waals surface area contributed by atoms with Crippen LogP contribution in [-0.4, -0.2) is 71.2 Å². The highest BCUT2D eigenvalue weighted by Crippen LogP contribution is 2.27. The van der Waals surface area contributed by atoms with Crippen LogP contribution in [0.3, 0.4) is 0 Å². The van der Waals surface area contributed by atoms with Gasteiger partial charge in [-0.1, -0.05) is 12.1 Å². The van der Waals surface area contributed by atoms with E-state index in [0.717, 1.165) is 16.9 Å². The Morgan fingerprint density at radius 1 is 1.16 bits per heavy atom. The van der Waals surface area contributed by atoms with Gasteiger partial charge in [0.15, 0.2) is 11.5 Å². The number of sulfonamides is 1. The number of rotatable bonds is 9. The molecular weight excluding hydrogens is 458 g/mol. The summed E-state index contributed by atoms with van der Waals surface area (Å²) in [5.74, 6) is -0.492. The average Bonchev–Trinajstić information content (AvgIpc) is 3.50. The largest absolute Gasteiger partial charge is 0.493 e. The Morgan fingerprint density at radius 3 is 2.59 bits per heavy atom. The summed E-state index contributed by atoms with van der Waals surface area (Å²) in [4.78, 5) is 24.2. The third-order valence-corrected chi connectivity index (χ3v) is 8.05. The van der Waals surface area contributed by atoms with Gasteiger partial charge in [-0.2, -0.15) is 4.31 Å². The highest BCUT2D eigenvalue weighted by Gasteiger charge is 2.37. The number of carbonyl (C=O) groups excluding carboxylic acids is 2. The summed E-state index contributed by atoms with van der Waals surface area (Å²) in [6, 6.07) is 8.57. The molecule has 1 aliphatic rings. The zero-order valence-corrected chi connectivity index (χ0v) is 19.3. The normalized spacial score (nSPS) is 16.5. The van der Waals surface area contributed by atoms with Gasteiger partial charge in [-0.3, -0.25) is 9.59 Å². The average molecular weight is 484 g/mol. The maximum Gasteiger partial charge on any atom is 0.309 e. The van der Waals surface area contributed by atoms with Crippen molar-refractivity contribution >= 4 is 33.2 Å². The van der Waals surface area contributed by atoms with Crippen LogP contribution in [0.5, 0.6) is 11.5 Å². The highest BCUT2D eigenvalue weighted by atomic mass is 32.2. The van der Waals surface area contributed by atoms with Gasteiger partial charge in [0.05, 0.1) is 27.4 Å². The SMILES string of the molecule is COc1ccc(CCNC(=O)C(=O)NC[C@@H]2OCCN2S(=O)(=O)c2cccs2)cc1OC. The molecule has 3 rings (SSSR count). The van der Waals surface area contributed by atoms with E-state index in [-0.39, 0.29) is 30.5 Å². The molecule has 12 heteroatoms. The van der Waals surface area contributed by atoms with E-state index in [1.165, 1.54) is 17.5 Å². The third-order valence-electron chi connectivity index (χ3n) is 4.79. The molecule has 0 radical (unpaired) electrons. The standard InChI is InChI=1S/C20H25N3O7S2/c1-28-15-6-5-14(12-16(15)29-2)7-8-21-19(24)20(25)22-13-17-23(9-10-30-17)32(26,27)18-4-3-11-31-18/h3-6,11-12,17H,7-10,13H2,1-2H3,(H,21,24)(H,22,25)/t17-/m0/s1. The van der Waals surface area contributed by atoms with Crippen LogP contribution in [0.2, 0.25) is 0 Å². The maximum atomic E-state index is 12.7. The molecule has 1 aromatic heterocycles. The van der Waals surface area contributed by atoms with Gasteiger partial charge in [-0.15, -0.1) is 11.3 Å². The Balaban J connectivity index is 1.47. The summed E-state index contributed by atoms with van der Waals surface area (Å²) in [6.07, 6.45) is -0.386. The number of benzene rings is 1. The van der Waals surface area contributed by atoms with E-state index in [1.807, 2.05) is 6.07 Å². The van der Waals surface area contributed by atoms with Crippen LogP contribution in [0.25, 0.3) is 0 Å². The summed E-state index contributed by atoms with van der Waals surface area (Å²) in [7, 11) is -0.631. The molecule has 10 nitrogen and oxygen atoms in total. The molecule has 0 aliphatic carbocycles. The van der Waals surface area contributed by atoms with Gasteiger partial charge in [-0.05, 0) is 35.6 Å². The number of carbonyl (C=O) groups is 2. The lowest BCUT2D eigenvalue weighted by atomic mass is 10.1. The lowest BCUT2D eigenvalue weighted by Crippen LogP contribution is -2.47. The van der Waals surface area contributed by atoms with Gasteiger partial charge in [0, 0.05) is 13.1 Å². The Morgan fingerprint density at radius 2 is 1.91 bits per heavy atom. The number of amides is 2. The van der Waals surface area contributed by atoms with Crippen molar-refractivity contribution in [2.24, 2.45) is 0 Å². The van der Waals surface area contributed by atoms with E-state index in [1.54, 1.807) is 30.7 Å². The molecule has 2 N–H and O–H groups in total. The first kappa shape index (κ1) is 24.0. The van der Waals surface area contributed by atoms with Crippen LogP contribution in [0, 0.1) is 0 Å². The van der Waals surface area contributed by atoms with Crippen LogP contribution < -0.4 is 20.1 Å². The smallest absolute Gasteiger partial charge is 0.309 e. The predicted octanol–water partition coefficient (Wildman–Crippen LogP) is 0.587. The van der Waals surface area contributed by atoms with E-state index in [9.17, 15) is 18.0 Å². The molecule has 1 aliphatic heterocycles. The second-order valence-electron chi connectivity index (χ2n) is 6.78. The number of hydrogen-bond acceptors (Lipinski definition) is 8. The minimum Gasteiger partial charge on any atom is -0.493 e. The Labute approximate surface area is 190 Å². The first-order chi connectivity index (χ1) is 15.4. The van der Waals surface area contributed by atoms with E-state index >= 15 is 0 Å². The third kappa shape index (κ3) is 5.57. The molecule has 32 heavy (non-hydrogen) atoms. The van der Waals surface area contributed by atoms with Gasteiger partial charge >= 0.3 is 11.8 Å². The first-order valence-electron chi connectivity index (χ1n) is 9.80. The van der Waals surface area contributed by atoms with Crippen molar-refractivity contribution in [3.05, 3.63) is 41.3 Å². The number of thiophene rings is 1. The zero-order valence-electron chi connectivity index (χ0n) is 17.7. The van der Waals surface area contributed by atoms with E-state index < -0.39 is 28.1 Å². The fraction of sp³-hybridized carbons (Fsp3) is 0.400. The van der Waals surface area contributed by atoms with Crippen molar-refractivity contribution < 1.29 is 32.2 Å². The maximum absolute atomic E-state index is 12.7. The number of methoxy groups -OCH3 is 2. The van der Waals surface area contributed by atoms with Crippen molar-refractivity contribution in [1.29, 1.82) is 0 Å². The number of ether oxygens (including phenoxy) is 3. The van der Waals surface area contributed by atoms with Crippen molar-refractivity contribution in [2.75, 3.05) is 40.5 Å². The fourth-order valence-electron chi connectivity index (χ4n) is 3.16. The van der Waals surface area contributed by atoms with Crippen LogP contribution in [0.4, 0.5) is 0 Å². The van der Waals surface area contributed by atoms with Crippen molar-refractivity contribution in [3.8, 4) is 11.5 Å². The summed E-state index contributed by atoms with van der Waals surface area (Å²) < 4.78 is 42.7. The van der Waals surface area contributed by atoms with Crippen LogP contribution in [0.15, 0.2) is 39.9 Å². The molecule has 0 spiro atoms. The summed E-state index contributed by atoms with van der Waals surface area (Å²) in [5.41, 5.74) is 0.900. The quantitative estimate of drug-likeness (QED) is 0.500. The van der Waals surface area contributed by atoms with Gasteiger partial charge in [0.25, 0.3) is 10.0 Å². The molecule has 1 atom stereocenters. The summed E-state index contributed by atoms with van der Waals surface area (Å²) in [5, 5.41) is 6.65. The molecule has 174 valence electrons. The predicted molar refractivity (Wildman–Crippen MR) is 117 cm³/mol. The second-order valence-corrected chi connectivity index (χ2v) is 9.84. The molecule has 1 saturated heterocycles. The highest BCUT2D eigenvalue weighted by molar-refractivity contribution is 7.91. The number of hydrogen-bond donors (Lipinski definition) is 2. The Kier molecular flexibility index (Phi) is 8.07. The van der Waals surface area contributed by atoms with E-state index in [0.29, 0.717) is 17.9 Å². The summed E-state index contributed by atoms with van der Waals surface area (Å²) in [6.45, 7) is 0.494. The topological polar surface area (TPSA) is 123 Å². The molecule has 0 bridgehead atoms. The van der Waals surface area contributed by atoms with Crippen LogP contribution >= 0.6 is 11.3 Å². The van der Waals surface area contributed by atoms with Crippen LogP contribution in [0.1, 0.15) is 5.56 Å². The second kappa shape index (κ2) is 10.8. The Hall–Kier alpha value is -2.67. The fourth-order valence-corrected chi connectivity index (χ4v) is 5.79. The van der Waals surface area contributed by atoms with Gasteiger partial charge in [-0.25, -0.2) is 8.42 Å². The minimum absolute atomic E-state index is 0.132. The number of nitrogens with one attached hydrogen (secondary N) is 2. The molecule has 2 aromatic rings. The van der Waals surface area contributed by atoms with E-state index in [2.05, 4.69) is 10.6 Å². The van der Waals surface area contributed by atoms with Crippen molar-refractivity contribution in [1.82, 2.24) is 14.9 Å². The molecular formula is C20H25N3O7S2. The summed E-state index contributed by atoms with van der Waals surface area (Å²) >= 11 is 1.11. The molecule has 0 saturated carbocycles.